The van der Waals surface area contributed by atoms with Crippen LogP contribution in [0.3, 0.4) is 0 Å². The molecule has 0 aromatic heterocycles. The first-order chi connectivity index (χ1) is 3.33. The van der Waals surface area contributed by atoms with Crippen LogP contribution in [0, 0.1) is 6.92 Å². The summed E-state index contributed by atoms with van der Waals surface area (Å²) < 4.78 is 5.07. The Labute approximate surface area is 65.7 Å². The van der Waals surface area contributed by atoms with Crippen LogP contribution >= 0.6 is 0 Å². The molecule has 1 unspecified atom stereocenters. The Bertz CT molecular complexity index is 62.9. The molecular formula is C6H10OTi. The van der Waals surface area contributed by atoms with Crippen molar-refractivity contribution in [2.45, 2.75) is 25.4 Å². The predicted octanol–water partition coefficient (Wildman–Crippen LogP) is 1.26. The Morgan fingerprint density at radius 2 is 2.25 bits per heavy atom. The van der Waals surface area contributed by atoms with Crippen LogP contribution in [0.15, 0.2) is 0 Å². The van der Waals surface area contributed by atoms with Crippen molar-refractivity contribution in [2.24, 2.45) is 0 Å². The molecule has 1 aliphatic heterocycles. The molecule has 1 heterocycles. The minimum absolute atomic E-state index is 0. The molecule has 1 nitrogen and oxygen atoms in total. The van der Waals surface area contributed by atoms with Crippen LogP contribution in [0.25, 0.3) is 0 Å². The second-order valence-electron chi connectivity index (χ2n) is 2.03. The quantitative estimate of drug-likeness (QED) is 0.422. The van der Waals surface area contributed by atoms with E-state index in [1.54, 1.807) is 0 Å². The van der Waals surface area contributed by atoms with Crippen molar-refractivity contribution in [2.75, 3.05) is 6.61 Å². The summed E-state index contributed by atoms with van der Waals surface area (Å²) in [5, 5.41) is 0. The van der Waals surface area contributed by atoms with Gasteiger partial charge in [0.15, 0.2) is 0 Å². The van der Waals surface area contributed by atoms with Gasteiger partial charge in [0.1, 0.15) is 0 Å². The molecule has 2 radical (unpaired) electrons. The SMILES string of the molecule is [CH]CC1(CC)CO1.[Ti]. The summed E-state index contributed by atoms with van der Waals surface area (Å²) in [5.41, 5.74) is 0.111. The van der Waals surface area contributed by atoms with Gasteiger partial charge in [-0.3, -0.25) is 0 Å². The smallest absolute Gasteiger partial charge is 0.0916 e. The van der Waals surface area contributed by atoms with E-state index in [0.717, 1.165) is 13.0 Å². The summed E-state index contributed by atoms with van der Waals surface area (Å²) in [5.74, 6) is 0. The fourth-order valence-corrected chi connectivity index (χ4v) is 0.568. The second kappa shape index (κ2) is 3.00. The molecule has 1 saturated heterocycles. The van der Waals surface area contributed by atoms with Crippen molar-refractivity contribution in [3.63, 3.8) is 0 Å². The first kappa shape index (κ1) is 8.67. The van der Waals surface area contributed by atoms with Crippen LogP contribution in [0.5, 0.6) is 0 Å². The van der Waals surface area contributed by atoms with Gasteiger partial charge < -0.3 is 4.74 Å². The van der Waals surface area contributed by atoms with Gasteiger partial charge in [-0.2, -0.15) is 0 Å². The van der Waals surface area contributed by atoms with E-state index in [1.165, 1.54) is 0 Å². The van der Waals surface area contributed by atoms with Crippen LogP contribution in [0.4, 0.5) is 0 Å². The largest absolute Gasteiger partial charge is 0.370 e. The standard InChI is InChI=1S/C6H10O.Ti/c1-3-6(4-2)5-7-6;/h1H,3-5H2,2H3;. The van der Waals surface area contributed by atoms with E-state index < -0.39 is 0 Å². The fraction of sp³-hybridized carbons (Fsp3) is 0.833. The summed E-state index contributed by atoms with van der Waals surface area (Å²) in [6.07, 6.45) is 1.74. The zero-order valence-electron chi connectivity index (χ0n) is 5.11. The number of epoxide rings is 1. The van der Waals surface area contributed by atoms with E-state index in [0.29, 0.717) is 6.42 Å². The molecule has 44 valence electrons. The molecule has 1 rings (SSSR count). The van der Waals surface area contributed by atoms with E-state index in [2.05, 4.69) is 6.92 Å². The van der Waals surface area contributed by atoms with E-state index in [1.807, 2.05) is 0 Å². The molecule has 0 bridgehead atoms. The third-order valence-corrected chi connectivity index (χ3v) is 1.57. The molecule has 0 aromatic rings. The second-order valence-corrected chi connectivity index (χ2v) is 2.03. The van der Waals surface area contributed by atoms with Crippen LogP contribution in [0.2, 0.25) is 0 Å². The molecule has 1 fully saturated rings. The number of ether oxygens (including phenoxy) is 1. The molecule has 1 aliphatic rings. The van der Waals surface area contributed by atoms with Gasteiger partial charge in [-0.1, -0.05) is 6.92 Å². The molecule has 1 atom stereocenters. The predicted molar refractivity (Wildman–Crippen MR) is 27.9 cm³/mol. The van der Waals surface area contributed by atoms with Gasteiger partial charge in [-0.05, 0) is 19.8 Å². The molecule has 0 N–H and O–H groups in total. The van der Waals surface area contributed by atoms with Crippen LogP contribution in [-0.2, 0) is 26.5 Å². The number of hydrogen-bond donors (Lipinski definition) is 0. The van der Waals surface area contributed by atoms with Crippen molar-refractivity contribution in [3.8, 4) is 0 Å². The summed E-state index contributed by atoms with van der Waals surface area (Å²) in [6.45, 7) is 8.33. The van der Waals surface area contributed by atoms with Crippen LogP contribution in [0.1, 0.15) is 19.8 Å². The first-order valence-corrected chi connectivity index (χ1v) is 2.67. The summed E-state index contributed by atoms with van der Waals surface area (Å²) in [7, 11) is 0. The zero-order valence-corrected chi connectivity index (χ0v) is 6.67. The van der Waals surface area contributed by atoms with Crippen molar-refractivity contribution in [1.82, 2.24) is 0 Å². The van der Waals surface area contributed by atoms with Crippen molar-refractivity contribution < 1.29 is 26.5 Å². The molecule has 0 spiro atoms. The van der Waals surface area contributed by atoms with Crippen molar-refractivity contribution >= 4 is 0 Å². The topological polar surface area (TPSA) is 12.5 Å². The molecule has 0 aromatic carbocycles. The Kier molecular flexibility index (Phi) is 3.25. The van der Waals surface area contributed by atoms with Gasteiger partial charge in [0, 0.05) is 21.7 Å². The van der Waals surface area contributed by atoms with E-state index >= 15 is 0 Å². The molecule has 2 heteroatoms. The average molecular weight is 146 g/mol. The summed E-state index contributed by atoms with van der Waals surface area (Å²) in [6, 6.07) is 0. The number of rotatable bonds is 2. The van der Waals surface area contributed by atoms with Gasteiger partial charge in [0.2, 0.25) is 0 Å². The van der Waals surface area contributed by atoms with Gasteiger partial charge in [-0.25, -0.2) is 0 Å². The minimum Gasteiger partial charge on any atom is -0.370 e. The molecule has 0 saturated carbocycles. The van der Waals surface area contributed by atoms with Crippen LogP contribution < -0.4 is 0 Å². The monoisotopic (exact) mass is 146 g/mol. The third-order valence-electron chi connectivity index (χ3n) is 1.57. The van der Waals surface area contributed by atoms with E-state index in [9.17, 15) is 0 Å². The average Bonchev–Trinajstić information content (AvgIpc) is 2.46. The minimum atomic E-state index is 0. The van der Waals surface area contributed by atoms with E-state index in [-0.39, 0.29) is 27.3 Å². The van der Waals surface area contributed by atoms with Crippen molar-refractivity contribution in [3.05, 3.63) is 6.92 Å². The maximum absolute atomic E-state index is 5.35. The van der Waals surface area contributed by atoms with Gasteiger partial charge in [0.05, 0.1) is 12.2 Å². The Morgan fingerprint density at radius 3 is 2.25 bits per heavy atom. The third kappa shape index (κ3) is 1.58. The molecule has 0 aliphatic carbocycles. The molecule has 8 heavy (non-hydrogen) atoms. The fourth-order valence-electron chi connectivity index (χ4n) is 0.568. The number of hydrogen-bond acceptors (Lipinski definition) is 1. The van der Waals surface area contributed by atoms with E-state index in [4.69, 9.17) is 11.7 Å². The first-order valence-electron chi connectivity index (χ1n) is 2.67. The van der Waals surface area contributed by atoms with Gasteiger partial charge >= 0.3 is 0 Å². The van der Waals surface area contributed by atoms with Crippen molar-refractivity contribution in [1.29, 1.82) is 0 Å². The molecule has 0 amide bonds. The Hall–Kier alpha value is 0.674. The summed E-state index contributed by atoms with van der Waals surface area (Å²) >= 11 is 0. The maximum atomic E-state index is 5.35. The zero-order chi connectivity index (χ0) is 5.33. The summed E-state index contributed by atoms with van der Waals surface area (Å²) in [4.78, 5) is 0. The van der Waals surface area contributed by atoms with Gasteiger partial charge in [-0.15, -0.1) is 0 Å². The Morgan fingerprint density at radius 1 is 1.75 bits per heavy atom. The van der Waals surface area contributed by atoms with Gasteiger partial charge in [0.25, 0.3) is 0 Å². The normalized spacial score (nSPS) is 21.8. The molecular weight excluding hydrogens is 136 g/mol. The van der Waals surface area contributed by atoms with Crippen LogP contribution in [-0.4, -0.2) is 12.2 Å². The Balaban J connectivity index is 0.000000490. The maximum Gasteiger partial charge on any atom is 0.0916 e.